The highest BCUT2D eigenvalue weighted by Crippen LogP contribution is 2.31. The third-order valence-electron chi connectivity index (χ3n) is 2.52. The number of rotatable bonds is 2. The first kappa shape index (κ1) is 13.6. The zero-order valence-corrected chi connectivity index (χ0v) is 11.5. The van der Waals surface area contributed by atoms with Gasteiger partial charge in [0.1, 0.15) is 4.90 Å². The van der Waals surface area contributed by atoms with Crippen molar-refractivity contribution in [2.75, 3.05) is 19.6 Å². The van der Waals surface area contributed by atoms with Crippen molar-refractivity contribution in [2.24, 2.45) is 0 Å². The molecule has 0 aromatic heterocycles. The van der Waals surface area contributed by atoms with E-state index in [-0.39, 0.29) is 40.5 Å². The van der Waals surface area contributed by atoms with Gasteiger partial charge in [-0.2, -0.15) is 4.31 Å². The fraction of sp³-hybridized carbons (Fsp3) is 0.300. The molecule has 1 N–H and O–H groups in total. The van der Waals surface area contributed by atoms with E-state index in [1.54, 1.807) is 6.07 Å². The minimum absolute atomic E-state index is 0.0495. The number of nitrogens with zero attached hydrogens (tertiary/aromatic N) is 1. The Bertz CT molecular complexity index is 569. The van der Waals surface area contributed by atoms with Gasteiger partial charge in [0.2, 0.25) is 15.9 Å². The number of sulfonamides is 1. The molecule has 0 radical (unpaired) electrons. The Balaban J connectivity index is 2.45. The Kier molecular flexibility index (Phi) is 3.82. The predicted octanol–water partition coefficient (Wildman–Crippen LogP) is 1.11. The monoisotopic (exact) mass is 308 g/mol. The number of amides is 1. The molecule has 1 saturated heterocycles. The van der Waals surface area contributed by atoms with E-state index in [1.807, 2.05) is 0 Å². The first-order chi connectivity index (χ1) is 8.43. The number of halogens is 2. The second-order valence-electron chi connectivity index (χ2n) is 3.74. The molecule has 1 aromatic rings. The van der Waals surface area contributed by atoms with Crippen molar-refractivity contribution >= 4 is 39.1 Å². The van der Waals surface area contributed by atoms with Gasteiger partial charge in [-0.1, -0.05) is 29.3 Å². The molecule has 18 heavy (non-hydrogen) atoms. The summed E-state index contributed by atoms with van der Waals surface area (Å²) in [5.41, 5.74) is 0. The van der Waals surface area contributed by atoms with Gasteiger partial charge in [-0.25, -0.2) is 8.42 Å². The van der Waals surface area contributed by atoms with Gasteiger partial charge in [0.25, 0.3) is 0 Å². The minimum Gasteiger partial charge on any atom is -0.354 e. The highest BCUT2D eigenvalue weighted by atomic mass is 35.5. The maximum absolute atomic E-state index is 12.4. The van der Waals surface area contributed by atoms with Crippen LogP contribution in [0.4, 0.5) is 0 Å². The topological polar surface area (TPSA) is 66.5 Å². The Hall–Kier alpha value is -0.820. The Morgan fingerprint density at radius 2 is 1.83 bits per heavy atom. The minimum atomic E-state index is -3.85. The van der Waals surface area contributed by atoms with E-state index in [1.165, 1.54) is 12.1 Å². The van der Waals surface area contributed by atoms with Crippen LogP contribution >= 0.6 is 23.2 Å². The Labute approximate surface area is 115 Å². The molecule has 5 nitrogen and oxygen atoms in total. The summed E-state index contributed by atoms with van der Waals surface area (Å²) in [5, 5.41) is 2.65. The number of piperazine rings is 1. The lowest BCUT2D eigenvalue weighted by atomic mass is 10.4. The molecule has 0 bridgehead atoms. The van der Waals surface area contributed by atoms with E-state index < -0.39 is 10.0 Å². The maximum atomic E-state index is 12.4. The van der Waals surface area contributed by atoms with E-state index in [0.717, 1.165) is 4.31 Å². The number of carbonyl (C=O) groups is 1. The van der Waals surface area contributed by atoms with Crippen molar-refractivity contribution in [2.45, 2.75) is 4.90 Å². The Morgan fingerprint density at radius 3 is 2.39 bits per heavy atom. The summed E-state index contributed by atoms with van der Waals surface area (Å²) in [7, 11) is -3.85. The molecule has 1 heterocycles. The van der Waals surface area contributed by atoms with Crippen molar-refractivity contribution in [1.29, 1.82) is 0 Å². The van der Waals surface area contributed by atoms with Crippen molar-refractivity contribution in [3.63, 3.8) is 0 Å². The van der Waals surface area contributed by atoms with Gasteiger partial charge in [0, 0.05) is 13.1 Å². The molecule has 1 aliphatic rings. The number of hydrogen-bond acceptors (Lipinski definition) is 3. The highest BCUT2D eigenvalue weighted by molar-refractivity contribution is 7.89. The highest BCUT2D eigenvalue weighted by Gasteiger charge is 2.32. The van der Waals surface area contributed by atoms with Gasteiger partial charge in [0.05, 0.1) is 16.6 Å². The zero-order valence-electron chi connectivity index (χ0n) is 9.19. The van der Waals surface area contributed by atoms with Crippen LogP contribution in [0.25, 0.3) is 0 Å². The summed E-state index contributed by atoms with van der Waals surface area (Å²) < 4.78 is 25.8. The molecule has 1 amide bonds. The number of hydrogen-bond donors (Lipinski definition) is 1. The van der Waals surface area contributed by atoms with Crippen LogP contribution in [0.15, 0.2) is 23.1 Å². The fourth-order valence-corrected chi connectivity index (χ4v) is 4.17. The fourth-order valence-electron chi connectivity index (χ4n) is 1.68. The predicted molar refractivity (Wildman–Crippen MR) is 68.2 cm³/mol. The third kappa shape index (κ3) is 2.47. The van der Waals surface area contributed by atoms with Crippen LogP contribution in [0.5, 0.6) is 0 Å². The van der Waals surface area contributed by atoms with Gasteiger partial charge >= 0.3 is 0 Å². The molecule has 0 unspecified atom stereocenters. The van der Waals surface area contributed by atoms with Crippen LogP contribution in [-0.4, -0.2) is 38.3 Å². The van der Waals surface area contributed by atoms with Crippen molar-refractivity contribution in [1.82, 2.24) is 9.62 Å². The van der Waals surface area contributed by atoms with Crippen molar-refractivity contribution < 1.29 is 13.2 Å². The van der Waals surface area contributed by atoms with Crippen LogP contribution < -0.4 is 5.32 Å². The standard InChI is InChI=1S/C10H10Cl2N2O3S/c11-7-2-1-3-8(12)10(7)18(16,17)14-5-4-13-9(15)6-14/h1-3H,4-6H2,(H,13,15). The Morgan fingerprint density at radius 1 is 1.22 bits per heavy atom. The van der Waals surface area contributed by atoms with Crippen LogP contribution in [0.2, 0.25) is 10.0 Å². The van der Waals surface area contributed by atoms with Crippen molar-refractivity contribution in [3.05, 3.63) is 28.2 Å². The second kappa shape index (κ2) is 5.05. The van der Waals surface area contributed by atoms with Crippen LogP contribution in [-0.2, 0) is 14.8 Å². The third-order valence-corrected chi connectivity index (χ3v) is 5.32. The summed E-state index contributed by atoms with van der Waals surface area (Å²) in [6, 6.07) is 4.46. The normalized spacial score (nSPS) is 17.6. The molecular formula is C10H10Cl2N2O3S. The number of benzene rings is 1. The van der Waals surface area contributed by atoms with E-state index in [0.29, 0.717) is 0 Å². The molecule has 0 spiro atoms. The largest absolute Gasteiger partial charge is 0.354 e. The average Bonchev–Trinajstić information content (AvgIpc) is 2.28. The van der Waals surface area contributed by atoms with E-state index in [9.17, 15) is 13.2 Å². The van der Waals surface area contributed by atoms with Crippen molar-refractivity contribution in [3.8, 4) is 0 Å². The number of nitrogens with one attached hydrogen (secondary N) is 1. The summed E-state index contributed by atoms with van der Waals surface area (Å²) in [5.74, 6) is -0.340. The molecule has 1 aliphatic heterocycles. The van der Waals surface area contributed by atoms with E-state index >= 15 is 0 Å². The lowest BCUT2D eigenvalue weighted by molar-refractivity contribution is -0.122. The lowest BCUT2D eigenvalue weighted by Gasteiger charge is -2.26. The SMILES string of the molecule is O=C1CN(S(=O)(=O)c2c(Cl)cccc2Cl)CCN1. The summed E-state index contributed by atoms with van der Waals surface area (Å²) >= 11 is 11.8. The summed E-state index contributed by atoms with van der Waals surface area (Å²) in [6.45, 7) is 0.264. The molecule has 0 saturated carbocycles. The van der Waals surface area contributed by atoms with Gasteiger partial charge in [-0.05, 0) is 12.1 Å². The van der Waals surface area contributed by atoms with E-state index in [4.69, 9.17) is 23.2 Å². The first-order valence-corrected chi connectivity index (χ1v) is 7.33. The smallest absolute Gasteiger partial charge is 0.246 e. The van der Waals surface area contributed by atoms with Crippen LogP contribution in [0.1, 0.15) is 0 Å². The second-order valence-corrected chi connectivity index (χ2v) is 6.43. The molecule has 98 valence electrons. The zero-order chi connectivity index (χ0) is 13.3. The van der Waals surface area contributed by atoms with Crippen LogP contribution in [0, 0.1) is 0 Å². The molecule has 0 atom stereocenters. The molecule has 2 rings (SSSR count). The lowest BCUT2D eigenvalue weighted by Crippen LogP contribution is -2.49. The molecule has 1 aromatic carbocycles. The van der Waals surface area contributed by atoms with Gasteiger partial charge in [-0.3, -0.25) is 4.79 Å². The van der Waals surface area contributed by atoms with E-state index in [2.05, 4.69) is 5.32 Å². The van der Waals surface area contributed by atoms with Gasteiger partial charge < -0.3 is 5.32 Å². The molecular weight excluding hydrogens is 299 g/mol. The summed E-state index contributed by atoms with van der Waals surface area (Å²) in [4.78, 5) is 11.1. The van der Waals surface area contributed by atoms with Crippen LogP contribution in [0.3, 0.4) is 0 Å². The molecule has 0 aliphatic carbocycles. The van der Waals surface area contributed by atoms with Gasteiger partial charge in [0.15, 0.2) is 0 Å². The first-order valence-electron chi connectivity index (χ1n) is 5.14. The molecule has 8 heteroatoms. The quantitative estimate of drug-likeness (QED) is 0.890. The maximum Gasteiger partial charge on any atom is 0.246 e. The molecule has 1 fully saturated rings. The number of carbonyl (C=O) groups excluding carboxylic acids is 1. The average molecular weight is 309 g/mol. The van der Waals surface area contributed by atoms with Gasteiger partial charge in [-0.15, -0.1) is 0 Å². The summed E-state index contributed by atoms with van der Waals surface area (Å²) in [6.07, 6.45) is 0.